The number of nitrogens with zero attached hydrogens (tertiary/aromatic N) is 2. The van der Waals surface area contributed by atoms with Gasteiger partial charge in [0.1, 0.15) is 0 Å². The van der Waals surface area contributed by atoms with E-state index in [1.165, 1.54) is 55.6 Å². The minimum Gasteiger partial charge on any atom is -0.294 e. The summed E-state index contributed by atoms with van der Waals surface area (Å²) in [4.78, 5) is 21.1. The molecule has 0 N–H and O–H groups in total. The van der Waals surface area contributed by atoms with Gasteiger partial charge in [-0.15, -0.1) is 0 Å². The third kappa shape index (κ3) is 12.0. The summed E-state index contributed by atoms with van der Waals surface area (Å²) in [5, 5.41) is 2.65. The van der Waals surface area contributed by atoms with Crippen molar-refractivity contribution in [3.05, 3.63) is 142 Å². The number of carbonyl (C=O) groups is 1. The van der Waals surface area contributed by atoms with E-state index in [1.807, 2.05) is 121 Å². The van der Waals surface area contributed by atoms with Crippen LogP contribution in [0.15, 0.2) is 132 Å². The van der Waals surface area contributed by atoms with E-state index < -0.39 is 18.4 Å². The summed E-state index contributed by atoms with van der Waals surface area (Å²) >= 11 is 4.03. The van der Waals surface area contributed by atoms with Gasteiger partial charge >= 0.3 is 120 Å². The molecule has 0 spiro atoms. The zero-order chi connectivity index (χ0) is 38.8. The number of para-hydroxylation sites is 2. The number of rotatable bonds is 15. The van der Waals surface area contributed by atoms with Gasteiger partial charge in [-0.1, -0.05) is 109 Å². The van der Waals surface area contributed by atoms with E-state index in [-0.39, 0.29) is 5.78 Å². The summed E-state index contributed by atoms with van der Waals surface area (Å²) in [6, 6.07) is 39.4. The standard InChI is InChI=1S/C17H13NO.C15H10ClN.C4H7O.3C4H9.Sn/c1-12(19)15-11-17(13-7-3-2-4-8-13)18-16-10-6-5-9-14(15)16;16-13-10-15(11-6-2-1-3-7-11)17-14-9-5-4-8-12(13)14;1-3-5-4-2;3*1-3-4-2;/h2-11H,1H3;1-10H;1,4H2,2H3;3*1,3-4H2,2H3;. The average Bonchev–Trinajstić information content (AvgIpc) is 3.21. The van der Waals surface area contributed by atoms with E-state index in [0.29, 0.717) is 0 Å². The van der Waals surface area contributed by atoms with Crippen LogP contribution in [0.3, 0.4) is 0 Å². The van der Waals surface area contributed by atoms with E-state index in [9.17, 15) is 4.79 Å². The number of aromatic nitrogens is 2. The number of ketones is 1. The van der Waals surface area contributed by atoms with Gasteiger partial charge in [0, 0.05) is 27.5 Å². The fourth-order valence-electron chi connectivity index (χ4n) is 6.78. The number of hydrogen-bond donors (Lipinski definition) is 0. The van der Waals surface area contributed by atoms with Gasteiger partial charge in [-0.25, -0.2) is 9.97 Å². The Hall–Kier alpha value is -4.00. The SMILES string of the molecule is C=[C](OCC)[Sn]([CH2]CCC)([CH2]CCC)[CH2]CCC.CC(=O)c1cc(-c2ccccc2)nc2ccccc12.Clc1cc(-c2ccccc2)nc2ccccc12. The van der Waals surface area contributed by atoms with Crippen LogP contribution in [0.5, 0.6) is 0 Å². The number of pyridine rings is 2. The molecule has 0 amide bonds. The third-order valence-corrected chi connectivity index (χ3v) is 25.2. The average molecular weight is 848 g/mol. The number of carbonyl (C=O) groups excluding carboxylic acids is 1. The van der Waals surface area contributed by atoms with E-state index >= 15 is 0 Å². The maximum atomic E-state index is 11.8. The zero-order valence-corrected chi connectivity index (χ0v) is 36.5. The number of ether oxygens (including phenoxy) is 1. The van der Waals surface area contributed by atoms with Crippen molar-refractivity contribution >= 4 is 57.6 Å². The minimum absolute atomic E-state index is 0.0655. The summed E-state index contributed by atoms with van der Waals surface area (Å²) < 4.78 is 11.6. The summed E-state index contributed by atoms with van der Waals surface area (Å²) in [5.41, 5.74) is 6.37. The Morgan fingerprint density at radius 3 is 1.52 bits per heavy atom. The predicted octanol–water partition coefficient (Wildman–Crippen LogP) is 14.6. The van der Waals surface area contributed by atoms with Crippen LogP contribution in [0.25, 0.3) is 44.3 Å². The van der Waals surface area contributed by atoms with Crippen molar-refractivity contribution < 1.29 is 9.53 Å². The smallest absolute Gasteiger partial charge is 0.160 e. The molecule has 54 heavy (non-hydrogen) atoms. The molecule has 4 aromatic carbocycles. The van der Waals surface area contributed by atoms with E-state index in [1.54, 1.807) is 6.92 Å². The van der Waals surface area contributed by atoms with Crippen LogP contribution in [0, 0.1) is 0 Å². The van der Waals surface area contributed by atoms with Crippen molar-refractivity contribution in [2.45, 2.75) is 86.5 Å². The Morgan fingerprint density at radius 2 is 1.06 bits per heavy atom. The maximum Gasteiger partial charge on any atom is 0.160 e. The molecule has 2 aromatic heterocycles. The van der Waals surface area contributed by atoms with Crippen LogP contribution >= 0.6 is 11.6 Å². The second kappa shape index (κ2) is 22.4. The molecule has 0 bridgehead atoms. The predicted molar refractivity (Wildman–Crippen MR) is 235 cm³/mol. The molecule has 0 atom stereocenters. The molecule has 282 valence electrons. The topological polar surface area (TPSA) is 52.1 Å². The number of Topliss-reactive ketones (excluding diaryl/α,β-unsaturated/α-hetero) is 1. The van der Waals surface area contributed by atoms with Gasteiger partial charge in [0.15, 0.2) is 5.78 Å². The summed E-state index contributed by atoms with van der Waals surface area (Å²) in [6.45, 7) is 15.8. The molecule has 0 saturated carbocycles. The fraction of sp³-hybridized carbons (Fsp3) is 0.312. The first-order valence-corrected chi connectivity index (χ1v) is 27.5. The molecule has 6 aromatic rings. The quantitative estimate of drug-likeness (QED) is 0.0587. The molecule has 0 fully saturated rings. The molecule has 2 heterocycles. The Balaban J connectivity index is 0.000000181. The monoisotopic (exact) mass is 848 g/mol. The second-order valence-corrected chi connectivity index (χ2v) is 27.4. The van der Waals surface area contributed by atoms with Gasteiger partial charge in [0.2, 0.25) is 0 Å². The van der Waals surface area contributed by atoms with Crippen LogP contribution in [0.4, 0.5) is 0 Å². The maximum absolute atomic E-state index is 11.8. The summed E-state index contributed by atoms with van der Waals surface area (Å²) in [6.07, 6.45) is 8.10. The Morgan fingerprint density at radius 1 is 0.630 bits per heavy atom. The fourth-order valence-corrected chi connectivity index (χ4v) is 21.7. The van der Waals surface area contributed by atoms with Crippen LogP contribution in [-0.4, -0.2) is 40.7 Å². The molecular weight excluding hydrogens is 791 g/mol. The first-order chi connectivity index (χ1) is 26.3. The number of halogens is 1. The van der Waals surface area contributed by atoms with E-state index in [4.69, 9.17) is 16.3 Å². The normalized spacial score (nSPS) is 10.9. The van der Waals surface area contributed by atoms with Crippen LogP contribution in [0.1, 0.15) is 83.5 Å². The molecule has 0 unspecified atom stereocenters. The first kappa shape index (κ1) is 42.7. The van der Waals surface area contributed by atoms with E-state index in [0.717, 1.165) is 61.5 Å². The van der Waals surface area contributed by atoms with Gasteiger partial charge < -0.3 is 0 Å². The van der Waals surface area contributed by atoms with Crippen molar-refractivity contribution in [2.75, 3.05) is 6.61 Å². The van der Waals surface area contributed by atoms with Crippen LogP contribution in [0.2, 0.25) is 18.3 Å². The molecular formula is C48H57ClN2O2Sn. The number of fused-ring (bicyclic) bond motifs is 2. The molecule has 6 heteroatoms. The van der Waals surface area contributed by atoms with Crippen molar-refractivity contribution in [1.29, 1.82) is 0 Å². The number of benzene rings is 4. The number of hydrogen-bond acceptors (Lipinski definition) is 4. The minimum atomic E-state index is -2.24. The molecule has 0 aliphatic rings. The molecule has 0 aliphatic heterocycles. The Labute approximate surface area is 332 Å². The van der Waals surface area contributed by atoms with Crippen molar-refractivity contribution in [3.8, 4) is 22.5 Å². The van der Waals surface area contributed by atoms with E-state index in [2.05, 4.69) is 44.2 Å². The molecule has 4 nitrogen and oxygen atoms in total. The molecule has 0 radical (unpaired) electrons. The largest absolute Gasteiger partial charge is 0.294 e. The van der Waals surface area contributed by atoms with Gasteiger partial charge in [-0.2, -0.15) is 0 Å². The van der Waals surface area contributed by atoms with Gasteiger partial charge in [0.25, 0.3) is 0 Å². The van der Waals surface area contributed by atoms with Crippen LogP contribution in [-0.2, 0) is 4.74 Å². The van der Waals surface area contributed by atoms with Crippen molar-refractivity contribution in [2.24, 2.45) is 0 Å². The molecule has 0 aliphatic carbocycles. The Kier molecular flexibility index (Phi) is 17.7. The second-order valence-electron chi connectivity index (χ2n) is 13.8. The molecule has 6 rings (SSSR count). The summed E-state index contributed by atoms with van der Waals surface area (Å²) in [7, 11) is 0. The third-order valence-electron chi connectivity index (χ3n) is 9.84. The summed E-state index contributed by atoms with van der Waals surface area (Å²) in [5.74, 6) is 0.0655. The van der Waals surface area contributed by atoms with Crippen molar-refractivity contribution in [1.82, 2.24) is 9.97 Å². The van der Waals surface area contributed by atoms with Crippen molar-refractivity contribution in [3.63, 3.8) is 0 Å². The van der Waals surface area contributed by atoms with Gasteiger partial charge in [-0.3, -0.25) is 4.79 Å². The van der Waals surface area contributed by atoms with Gasteiger partial charge in [-0.05, 0) is 31.2 Å². The first-order valence-electron chi connectivity index (χ1n) is 19.7. The number of unbranched alkanes of at least 4 members (excludes halogenated alkanes) is 3. The Bertz CT molecular complexity index is 2040. The van der Waals surface area contributed by atoms with Crippen LogP contribution < -0.4 is 0 Å². The van der Waals surface area contributed by atoms with Gasteiger partial charge in [0.05, 0.1) is 27.4 Å². The molecule has 0 saturated heterocycles. The zero-order valence-electron chi connectivity index (χ0n) is 32.9.